The molecule has 126 valence electrons. The Hall–Kier alpha value is -1.80. The minimum Gasteiger partial charge on any atom is -0.486 e. The Kier molecular flexibility index (Phi) is 4.20. The predicted octanol–water partition coefficient (Wildman–Crippen LogP) is 1.33. The van der Waals surface area contributed by atoms with Gasteiger partial charge in [0.25, 0.3) is 0 Å². The van der Waals surface area contributed by atoms with Crippen LogP contribution in [-0.4, -0.2) is 49.6 Å². The third-order valence-electron chi connectivity index (χ3n) is 4.29. The Morgan fingerprint density at radius 3 is 2.61 bits per heavy atom. The van der Waals surface area contributed by atoms with Gasteiger partial charge in [-0.1, -0.05) is 0 Å². The van der Waals surface area contributed by atoms with E-state index in [9.17, 15) is 18.3 Å². The number of carboxylic acids is 1. The molecule has 0 bridgehead atoms. The second kappa shape index (κ2) is 6.01. The van der Waals surface area contributed by atoms with Gasteiger partial charge in [-0.3, -0.25) is 4.79 Å². The van der Waals surface area contributed by atoms with Crippen molar-refractivity contribution in [3.8, 4) is 11.5 Å². The molecule has 1 fully saturated rings. The number of hydrogen-bond acceptors (Lipinski definition) is 5. The smallest absolute Gasteiger partial charge is 0.307 e. The number of hydrogen-bond donors (Lipinski definition) is 1. The minimum atomic E-state index is -3.78. The lowest BCUT2D eigenvalue weighted by Crippen LogP contribution is -2.47. The van der Waals surface area contributed by atoms with E-state index in [0.29, 0.717) is 37.6 Å². The first-order chi connectivity index (χ1) is 10.9. The summed E-state index contributed by atoms with van der Waals surface area (Å²) in [6.45, 7) is 2.60. The molecule has 0 saturated carbocycles. The molecule has 2 heterocycles. The number of fused-ring (bicyclic) bond motifs is 1. The van der Waals surface area contributed by atoms with Gasteiger partial charge in [-0.05, 0) is 31.9 Å². The molecule has 1 aromatic rings. The molecule has 1 aromatic carbocycles. The van der Waals surface area contributed by atoms with Crippen LogP contribution in [0.2, 0.25) is 0 Å². The van der Waals surface area contributed by atoms with Gasteiger partial charge in [0.05, 0.1) is 10.8 Å². The molecule has 0 spiro atoms. The molecule has 8 heteroatoms. The highest BCUT2D eigenvalue weighted by Crippen LogP contribution is 2.35. The number of carboxylic acid groups (broad SMARTS) is 1. The van der Waals surface area contributed by atoms with Crippen molar-refractivity contribution >= 4 is 16.0 Å². The zero-order chi connectivity index (χ0) is 16.6. The van der Waals surface area contributed by atoms with E-state index in [4.69, 9.17) is 9.47 Å². The van der Waals surface area contributed by atoms with Crippen LogP contribution in [0.15, 0.2) is 23.1 Å². The maximum atomic E-state index is 12.9. The lowest BCUT2D eigenvalue weighted by Gasteiger charge is -2.35. The van der Waals surface area contributed by atoms with E-state index >= 15 is 0 Å². The van der Waals surface area contributed by atoms with E-state index in [1.165, 1.54) is 16.4 Å². The van der Waals surface area contributed by atoms with Gasteiger partial charge in [0.1, 0.15) is 13.2 Å². The van der Waals surface area contributed by atoms with E-state index in [0.717, 1.165) is 0 Å². The summed E-state index contributed by atoms with van der Waals surface area (Å²) >= 11 is 0. The topological polar surface area (TPSA) is 93.1 Å². The van der Waals surface area contributed by atoms with Crippen LogP contribution in [0.3, 0.4) is 0 Å². The molecule has 23 heavy (non-hydrogen) atoms. The molecular weight excluding hydrogens is 322 g/mol. The molecule has 0 aromatic heterocycles. The van der Waals surface area contributed by atoms with Crippen molar-refractivity contribution in [3.05, 3.63) is 18.2 Å². The summed E-state index contributed by atoms with van der Waals surface area (Å²) < 4.78 is 37.9. The summed E-state index contributed by atoms with van der Waals surface area (Å²) in [6, 6.07) is 4.26. The lowest BCUT2D eigenvalue weighted by atomic mass is 9.96. The number of aliphatic carboxylic acids is 1. The number of nitrogens with zero attached hydrogens (tertiary/aromatic N) is 1. The van der Waals surface area contributed by atoms with Gasteiger partial charge in [-0.2, -0.15) is 4.31 Å². The summed E-state index contributed by atoms with van der Waals surface area (Å²) in [4.78, 5) is 11.3. The van der Waals surface area contributed by atoms with Crippen LogP contribution in [0.5, 0.6) is 11.5 Å². The van der Waals surface area contributed by atoms with Crippen LogP contribution in [0, 0.1) is 5.92 Å². The molecule has 2 aliphatic heterocycles. The van der Waals surface area contributed by atoms with Gasteiger partial charge >= 0.3 is 5.97 Å². The highest BCUT2D eigenvalue weighted by atomic mass is 32.2. The second-order valence-electron chi connectivity index (χ2n) is 5.84. The Bertz CT molecular complexity index is 717. The molecule has 1 saturated heterocycles. The SMILES string of the molecule is CC1CCC(C(=O)O)CN1S(=O)(=O)c1ccc2c(c1)OCCO2. The van der Waals surface area contributed by atoms with Gasteiger partial charge in [0.2, 0.25) is 10.0 Å². The number of rotatable bonds is 3. The standard InChI is InChI=1S/C15H19NO6S/c1-10-2-3-11(15(17)18)9-16(10)23(19,20)12-4-5-13-14(8-12)22-7-6-21-13/h4-5,8,10-11H,2-3,6-7,9H2,1H3,(H,17,18). The van der Waals surface area contributed by atoms with Crippen LogP contribution in [0.4, 0.5) is 0 Å². The van der Waals surface area contributed by atoms with Gasteiger partial charge in [-0.25, -0.2) is 8.42 Å². The zero-order valence-corrected chi connectivity index (χ0v) is 13.6. The monoisotopic (exact) mass is 341 g/mol. The first kappa shape index (κ1) is 16.1. The fourth-order valence-electron chi connectivity index (χ4n) is 2.93. The van der Waals surface area contributed by atoms with Crippen molar-refractivity contribution < 1.29 is 27.8 Å². The quantitative estimate of drug-likeness (QED) is 0.891. The van der Waals surface area contributed by atoms with Crippen molar-refractivity contribution in [2.45, 2.75) is 30.7 Å². The average Bonchev–Trinajstić information content (AvgIpc) is 2.54. The molecule has 2 unspecified atom stereocenters. The van der Waals surface area contributed by atoms with Gasteiger partial charge in [-0.15, -0.1) is 0 Å². The maximum absolute atomic E-state index is 12.9. The minimum absolute atomic E-state index is 0.00667. The Labute approximate surface area is 134 Å². The molecule has 0 aliphatic carbocycles. The highest BCUT2D eigenvalue weighted by Gasteiger charge is 2.37. The second-order valence-corrected chi connectivity index (χ2v) is 7.73. The van der Waals surface area contributed by atoms with Crippen molar-refractivity contribution in [2.75, 3.05) is 19.8 Å². The molecule has 0 amide bonds. The third-order valence-corrected chi connectivity index (χ3v) is 6.27. The molecule has 2 aliphatic rings. The van der Waals surface area contributed by atoms with Crippen molar-refractivity contribution in [2.24, 2.45) is 5.92 Å². The number of benzene rings is 1. The average molecular weight is 341 g/mol. The molecule has 3 rings (SSSR count). The van der Waals surface area contributed by atoms with E-state index in [-0.39, 0.29) is 17.5 Å². The van der Waals surface area contributed by atoms with Crippen LogP contribution in [0.1, 0.15) is 19.8 Å². The number of sulfonamides is 1. The largest absolute Gasteiger partial charge is 0.486 e. The Morgan fingerprint density at radius 2 is 1.91 bits per heavy atom. The summed E-state index contributed by atoms with van der Waals surface area (Å²) in [5, 5.41) is 9.18. The maximum Gasteiger partial charge on any atom is 0.307 e. The molecule has 7 nitrogen and oxygen atoms in total. The fraction of sp³-hybridized carbons (Fsp3) is 0.533. The number of ether oxygens (including phenoxy) is 2. The third kappa shape index (κ3) is 3.00. The number of piperidine rings is 1. The summed E-state index contributed by atoms with van der Waals surface area (Å²) in [6.07, 6.45) is 1.02. The van der Waals surface area contributed by atoms with E-state index < -0.39 is 21.9 Å². The molecule has 1 N–H and O–H groups in total. The summed E-state index contributed by atoms with van der Waals surface area (Å²) in [7, 11) is -3.78. The van der Waals surface area contributed by atoms with Crippen LogP contribution < -0.4 is 9.47 Å². The summed E-state index contributed by atoms with van der Waals surface area (Å²) in [5.41, 5.74) is 0. The van der Waals surface area contributed by atoms with Crippen molar-refractivity contribution in [1.29, 1.82) is 0 Å². The predicted molar refractivity (Wildman–Crippen MR) is 81.1 cm³/mol. The van der Waals surface area contributed by atoms with E-state index in [1.807, 2.05) is 0 Å². The van der Waals surface area contributed by atoms with Crippen molar-refractivity contribution in [1.82, 2.24) is 4.31 Å². The van der Waals surface area contributed by atoms with Gasteiger partial charge < -0.3 is 14.6 Å². The van der Waals surface area contributed by atoms with Gasteiger partial charge in [0.15, 0.2) is 11.5 Å². The van der Waals surface area contributed by atoms with E-state index in [1.54, 1.807) is 13.0 Å². The zero-order valence-electron chi connectivity index (χ0n) is 12.8. The Morgan fingerprint density at radius 1 is 1.22 bits per heavy atom. The highest BCUT2D eigenvalue weighted by molar-refractivity contribution is 7.89. The first-order valence-corrected chi connectivity index (χ1v) is 8.98. The normalized spacial score (nSPS) is 25.1. The molecular formula is C15H19NO6S. The molecule has 2 atom stereocenters. The molecule has 0 radical (unpaired) electrons. The van der Waals surface area contributed by atoms with Gasteiger partial charge in [0, 0.05) is 18.7 Å². The lowest BCUT2D eigenvalue weighted by molar-refractivity contribution is -0.143. The Balaban J connectivity index is 1.92. The summed E-state index contributed by atoms with van der Waals surface area (Å²) in [5.74, 6) is -0.709. The van der Waals surface area contributed by atoms with Crippen LogP contribution >= 0.6 is 0 Å². The fourth-order valence-corrected chi connectivity index (χ4v) is 4.65. The van der Waals surface area contributed by atoms with Crippen LogP contribution in [0.25, 0.3) is 0 Å². The number of carbonyl (C=O) groups is 1. The first-order valence-electron chi connectivity index (χ1n) is 7.54. The van der Waals surface area contributed by atoms with Crippen LogP contribution in [-0.2, 0) is 14.8 Å². The van der Waals surface area contributed by atoms with Crippen molar-refractivity contribution in [3.63, 3.8) is 0 Å². The van der Waals surface area contributed by atoms with E-state index in [2.05, 4.69) is 0 Å².